The molecule has 1 heterocycles. The van der Waals surface area contributed by atoms with Gasteiger partial charge in [0.05, 0.1) is 7.11 Å². The zero-order valence-corrected chi connectivity index (χ0v) is 13.3. The van der Waals surface area contributed by atoms with E-state index in [1.807, 2.05) is 30.3 Å². The maximum Gasteiger partial charge on any atom is 0.331 e. The van der Waals surface area contributed by atoms with Crippen LogP contribution in [0.3, 0.4) is 0 Å². The largest absolute Gasteiger partial charge is 0.467 e. The van der Waals surface area contributed by atoms with Crippen molar-refractivity contribution in [2.45, 2.75) is 32.2 Å². The van der Waals surface area contributed by atoms with Crippen molar-refractivity contribution in [3.8, 4) is 0 Å². The molecule has 0 saturated carbocycles. The van der Waals surface area contributed by atoms with E-state index < -0.39 is 5.54 Å². The summed E-state index contributed by atoms with van der Waals surface area (Å²) in [4.78, 5) is 14.7. The molecule has 0 bridgehead atoms. The van der Waals surface area contributed by atoms with E-state index in [1.54, 1.807) is 0 Å². The van der Waals surface area contributed by atoms with E-state index in [1.165, 1.54) is 7.11 Å². The number of hydrogen-bond donors (Lipinski definition) is 1. The van der Waals surface area contributed by atoms with Gasteiger partial charge in [0, 0.05) is 25.3 Å². The number of carbonyl (C=O) groups excluding carboxylic acids is 1. The Balaban J connectivity index is 2.08. The number of likely N-dealkylation sites (tertiary alicyclic amines) is 1. The Morgan fingerprint density at radius 2 is 1.90 bits per heavy atom. The predicted molar refractivity (Wildman–Crippen MR) is 85.3 cm³/mol. The molecule has 0 aromatic heterocycles. The molecule has 0 unspecified atom stereocenters. The van der Waals surface area contributed by atoms with Crippen molar-refractivity contribution in [2.24, 2.45) is 5.92 Å². The average Bonchev–Trinajstić information content (AvgIpc) is 2.49. The van der Waals surface area contributed by atoms with Gasteiger partial charge in [0.1, 0.15) is 5.54 Å². The van der Waals surface area contributed by atoms with E-state index in [0.29, 0.717) is 5.92 Å². The second-order valence-corrected chi connectivity index (χ2v) is 6.26. The number of nitrogens with zero attached hydrogens (tertiary/aromatic N) is 1. The molecule has 1 saturated heterocycles. The Kier molecular flexibility index (Phi) is 5.23. The molecule has 4 heteroatoms. The standard InChI is InChI=1S/C17H26N2O2/c1-14(2)13-19-11-9-17(10-12-19,16(20)21-3)18-15-7-5-4-6-8-15/h4-8,14,18H,9-13H2,1-3H3. The smallest absolute Gasteiger partial charge is 0.331 e. The second kappa shape index (κ2) is 6.94. The van der Waals surface area contributed by atoms with Crippen molar-refractivity contribution in [3.63, 3.8) is 0 Å². The Bertz CT molecular complexity index is 451. The fourth-order valence-corrected chi connectivity index (χ4v) is 3.01. The number of para-hydroxylation sites is 1. The predicted octanol–water partition coefficient (Wildman–Crippen LogP) is 2.76. The Morgan fingerprint density at radius 1 is 1.29 bits per heavy atom. The van der Waals surface area contributed by atoms with Gasteiger partial charge in [-0.2, -0.15) is 0 Å². The first kappa shape index (κ1) is 15.8. The summed E-state index contributed by atoms with van der Waals surface area (Å²) >= 11 is 0. The quantitative estimate of drug-likeness (QED) is 0.847. The van der Waals surface area contributed by atoms with E-state index in [4.69, 9.17) is 4.74 Å². The highest BCUT2D eigenvalue weighted by Gasteiger charge is 2.42. The number of carbonyl (C=O) groups is 1. The summed E-state index contributed by atoms with van der Waals surface area (Å²) in [6.07, 6.45) is 1.56. The Labute approximate surface area is 127 Å². The molecule has 1 fully saturated rings. The van der Waals surface area contributed by atoms with Crippen LogP contribution in [0, 0.1) is 5.92 Å². The lowest BCUT2D eigenvalue weighted by atomic mass is 9.86. The van der Waals surface area contributed by atoms with Crippen LogP contribution >= 0.6 is 0 Å². The van der Waals surface area contributed by atoms with E-state index in [-0.39, 0.29) is 5.97 Å². The number of hydrogen-bond acceptors (Lipinski definition) is 4. The molecule has 0 radical (unpaired) electrons. The highest BCUT2D eigenvalue weighted by atomic mass is 16.5. The SMILES string of the molecule is COC(=O)C1(Nc2ccccc2)CCN(CC(C)C)CC1. The van der Waals surface area contributed by atoms with E-state index in [2.05, 4.69) is 24.1 Å². The average molecular weight is 290 g/mol. The third-order valence-electron chi connectivity index (χ3n) is 4.07. The minimum absolute atomic E-state index is 0.157. The Hall–Kier alpha value is -1.55. The van der Waals surface area contributed by atoms with Gasteiger partial charge in [-0.1, -0.05) is 32.0 Å². The number of benzene rings is 1. The highest BCUT2D eigenvalue weighted by Crippen LogP contribution is 2.28. The number of esters is 1. The van der Waals surface area contributed by atoms with Gasteiger partial charge in [-0.15, -0.1) is 0 Å². The summed E-state index contributed by atoms with van der Waals surface area (Å²) < 4.78 is 5.06. The molecule has 0 amide bonds. The van der Waals surface area contributed by atoms with Gasteiger partial charge in [0.2, 0.25) is 0 Å². The maximum atomic E-state index is 12.3. The van der Waals surface area contributed by atoms with Crippen molar-refractivity contribution in [1.29, 1.82) is 0 Å². The van der Waals surface area contributed by atoms with E-state index in [0.717, 1.165) is 38.2 Å². The number of methoxy groups -OCH3 is 1. The lowest BCUT2D eigenvalue weighted by molar-refractivity contribution is -0.147. The van der Waals surface area contributed by atoms with Crippen molar-refractivity contribution in [1.82, 2.24) is 4.90 Å². The highest BCUT2D eigenvalue weighted by molar-refractivity contribution is 5.84. The summed E-state index contributed by atoms with van der Waals surface area (Å²) in [5.74, 6) is 0.494. The molecule has 1 aliphatic rings. The van der Waals surface area contributed by atoms with Crippen molar-refractivity contribution < 1.29 is 9.53 Å². The third kappa shape index (κ3) is 3.97. The zero-order chi connectivity index (χ0) is 15.3. The number of anilines is 1. The number of piperidine rings is 1. The molecule has 4 nitrogen and oxygen atoms in total. The van der Waals surface area contributed by atoms with Gasteiger partial charge in [-0.25, -0.2) is 4.79 Å². The van der Waals surface area contributed by atoms with Crippen LogP contribution in [0.15, 0.2) is 30.3 Å². The Morgan fingerprint density at radius 3 is 2.43 bits per heavy atom. The summed E-state index contributed by atoms with van der Waals surface area (Å²) in [6, 6.07) is 9.90. The zero-order valence-electron chi connectivity index (χ0n) is 13.3. The second-order valence-electron chi connectivity index (χ2n) is 6.26. The number of nitrogens with one attached hydrogen (secondary N) is 1. The van der Waals surface area contributed by atoms with Crippen molar-refractivity contribution >= 4 is 11.7 Å². The molecule has 1 aromatic rings. The molecule has 1 N–H and O–H groups in total. The van der Waals surface area contributed by atoms with Gasteiger partial charge in [-0.3, -0.25) is 0 Å². The number of rotatable bonds is 5. The molecule has 2 rings (SSSR count). The van der Waals surface area contributed by atoms with E-state index >= 15 is 0 Å². The lowest BCUT2D eigenvalue weighted by Crippen LogP contribution is -2.55. The summed E-state index contributed by atoms with van der Waals surface area (Å²) in [5.41, 5.74) is 0.379. The molecular formula is C17H26N2O2. The van der Waals surface area contributed by atoms with Gasteiger partial charge in [-0.05, 0) is 30.9 Å². The van der Waals surface area contributed by atoms with Crippen LogP contribution in [0.1, 0.15) is 26.7 Å². The first-order chi connectivity index (χ1) is 10.1. The van der Waals surface area contributed by atoms with Crippen molar-refractivity contribution in [2.75, 3.05) is 32.1 Å². The third-order valence-corrected chi connectivity index (χ3v) is 4.07. The molecule has 0 spiro atoms. The molecule has 0 atom stereocenters. The topological polar surface area (TPSA) is 41.6 Å². The minimum Gasteiger partial charge on any atom is -0.467 e. The van der Waals surface area contributed by atoms with Crippen molar-refractivity contribution in [3.05, 3.63) is 30.3 Å². The van der Waals surface area contributed by atoms with Crippen LogP contribution in [0.2, 0.25) is 0 Å². The van der Waals surface area contributed by atoms with E-state index in [9.17, 15) is 4.79 Å². The molecular weight excluding hydrogens is 264 g/mol. The van der Waals surface area contributed by atoms with Crippen LogP contribution in [0.25, 0.3) is 0 Å². The normalized spacial score (nSPS) is 18.5. The van der Waals surface area contributed by atoms with Crippen LogP contribution in [0.5, 0.6) is 0 Å². The molecule has 21 heavy (non-hydrogen) atoms. The lowest BCUT2D eigenvalue weighted by Gasteiger charge is -2.41. The molecule has 1 aliphatic heterocycles. The summed E-state index contributed by atoms with van der Waals surface area (Å²) in [6.45, 7) is 7.39. The van der Waals surface area contributed by atoms with Crippen LogP contribution in [0.4, 0.5) is 5.69 Å². The summed E-state index contributed by atoms with van der Waals surface area (Å²) in [7, 11) is 1.47. The molecule has 0 aliphatic carbocycles. The maximum absolute atomic E-state index is 12.3. The van der Waals surface area contributed by atoms with Gasteiger partial charge >= 0.3 is 5.97 Å². The first-order valence-corrected chi connectivity index (χ1v) is 7.70. The number of ether oxygens (including phenoxy) is 1. The minimum atomic E-state index is -0.594. The van der Waals surface area contributed by atoms with Crippen LogP contribution < -0.4 is 5.32 Å². The van der Waals surface area contributed by atoms with Gasteiger partial charge in [0.15, 0.2) is 0 Å². The first-order valence-electron chi connectivity index (χ1n) is 7.70. The van der Waals surface area contributed by atoms with Crippen LogP contribution in [-0.2, 0) is 9.53 Å². The summed E-state index contributed by atoms with van der Waals surface area (Å²) in [5, 5.41) is 3.42. The fourth-order valence-electron chi connectivity index (χ4n) is 3.01. The van der Waals surface area contributed by atoms with Gasteiger partial charge < -0.3 is 15.0 Å². The molecule has 1 aromatic carbocycles. The fraction of sp³-hybridized carbons (Fsp3) is 0.588. The van der Waals surface area contributed by atoms with Gasteiger partial charge in [0.25, 0.3) is 0 Å². The van der Waals surface area contributed by atoms with Crippen LogP contribution in [-0.4, -0.2) is 43.2 Å². The monoisotopic (exact) mass is 290 g/mol. The molecule has 116 valence electrons.